The van der Waals surface area contributed by atoms with E-state index in [-0.39, 0.29) is 23.7 Å². The molecule has 0 aliphatic heterocycles. The lowest BCUT2D eigenvalue weighted by molar-refractivity contribution is -0.143. The lowest BCUT2D eigenvalue weighted by Crippen LogP contribution is -2.37. The maximum Gasteiger partial charge on any atom is 0.307 e. The Labute approximate surface area is 201 Å². The van der Waals surface area contributed by atoms with Gasteiger partial charge in [-0.15, -0.1) is 0 Å². The SMILES string of the molecule is CCOC(=O)C[C@H](N[S@](=O)C(C)(C)C)c1c(F)c(-c2c(C)cc(F)cc2C)cc(C2CC2)c1F. The van der Waals surface area contributed by atoms with Crippen molar-refractivity contribution in [2.45, 2.75) is 77.5 Å². The van der Waals surface area contributed by atoms with Crippen LogP contribution >= 0.6 is 0 Å². The van der Waals surface area contributed by atoms with Gasteiger partial charge in [-0.05, 0) is 101 Å². The van der Waals surface area contributed by atoms with Crippen molar-refractivity contribution in [2.75, 3.05) is 6.61 Å². The summed E-state index contributed by atoms with van der Waals surface area (Å²) >= 11 is 0. The van der Waals surface area contributed by atoms with Crippen molar-refractivity contribution < 1.29 is 26.9 Å². The van der Waals surface area contributed by atoms with Crippen LogP contribution in [0.5, 0.6) is 0 Å². The van der Waals surface area contributed by atoms with Gasteiger partial charge in [-0.2, -0.15) is 0 Å². The molecule has 2 atom stereocenters. The van der Waals surface area contributed by atoms with Crippen LogP contribution in [0.3, 0.4) is 0 Å². The van der Waals surface area contributed by atoms with Gasteiger partial charge in [-0.25, -0.2) is 22.1 Å². The minimum atomic E-state index is -1.71. The molecule has 34 heavy (non-hydrogen) atoms. The number of ether oxygens (including phenoxy) is 1. The summed E-state index contributed by atoms with van der Waals surface area (Å²) in [6.45, 7) is 10.3. The van der Waals surface area contributed by atoms with Gasteiger partial charge in [0.2, 0.25) is 0 Å². The molecule has 186 valence electrons. The molecule has 0 amide bonds. The number of nitrogens with one attached hydrogen (secondary N) is 1. The van der Waals surface area contributed by atoms with E-state index in [9.17, 15) is 13.4 Å². The zero-order chi connectivity index (χ0) is 25.4. The van der Waals surface area contributed by atoms with Crippen LogP contribution in [0.2, 0.25) is 0 Å². The number of carbonyl (C=O) groups is 1. The van der Waals surface area contributed by atoms with E-state index >= 15 is 8.78 Å². The number of aryl methyl sites for hydroxylation is 2. The van der Waals surface area contributed by atoms with Crippen LogP contribution < -0.4 is 4.72 Å². The molecule has 1 saturated carbocycles. The molecule has 0 radical (unpaired) electrons. The van der Waals surface area contributed by atoms with Crippen molar-refractivity contribution >= 4 is 17.0 Å². The number of carbonyl (C=O) groups excluding carboxylic acids is 1. The molecule has 2 aromatic rings. The summed E-state index contributed by atoms with van der Waals surface area (Å²) in [5, 5.41) is 0. The van der Waals surface area contributed by atoms with E-state index < -0.39 is 51.6 Å². The molecule has 1 N–H and O–H groups in total. The molecule has 0 heterocycles. The fourth-order valence-electron chi connectivity index (χ4n) is 4.09. The largest absolute Gasteiger partial charge is 0.466 e. The van der Waals surface area contributed by atoms with Crippen LogP contribution in [0, 0.1) is 31.3 Å². The summed E-state index contributed by atoms with van der Waals surface area (Å²) < 4.78 is 65.9. The zero-order valence-corrected chi connectivity index (χ0v) is 21.3. The summed E-state index contributed by atoms with van der Waals surface area (Å²) in [7, 11) is -1.71. The van der Waals surface area contributed by atoms with Crippen molar-refractivity contribution in [2.24, 2.45) is 0 Å². The third-order valence-electron chi connectivity index (χ3n) is 5.88. The third kappa shape index (κ3) is 5.71. The molecule has 1 aliphatic rings. The summed E-state index contributed by atoms with van der Waals surface area (Å²) in [6.07, 6.45) is 1.15. The van der Waals surface area contributed by atoms with Crippen molar-refractivity contribution in [3.05, 3.63) is 57.9 Å². The molecular formula is C26H32F3NO3S. The fraction of sp³-hybridized carbons (Fsp3) is 0.500. The molecule has 0 unspecified atom stereocenters. The predicted molar refractivity (Wildman–Crippen MR) is 128 cm³/mol. The highest BCUT2D eigenvalue weighted by Gasteiger charge is 2.36. The molecule has 4 nitrogen and oxygen atoms in total. The lowest BCUT2D eigenvalue weighted by atomic mass is 9.88. The van der Waals surface area contributed by atoms with Gasteiger partial charge < -0.3 is 4.74 Å². The molecule has 1 aliphatic carbocycles. The van der Waals surface area contributed by atoms with E-state index in [1.807, 2.05) is 0 Å². The molecular weight excluding hydrogens is 463 g/mol. The summed E-state index contributed by atoms with van der Waals surface area (Å²) in [5.41, 5.74) is 1.67. The minimum Gasteiger partial charge on any atom is -0.466 e. The van der Waals surface area contributed by atoms with E-state index in [1.54, 1.807) is 41.5 Å². The zero-order valence-electron chi connectivity index (χ0n) is 20.5. The topological polar surface area (TPSA) is 55.4 Å². The highest BCUT2D eigenvalue weighted by atomic mass is 32.2. The molecule has 1 fully saturated rings. The predicted octanol–water partition coefficient (Wildman–Crippen LogP) is 6.31. The van der Waals surface area contributed by atoms with Crippen LogP contribution in [-0.2, 0) is 20.5 Å². The Balaban J connectivity index is 2.24. The first kappa shape index (κ1) is 26.4. The van der Waals surface area contributed by atoms with Crippen molar-refractivity contribution in [3.63, 3.8) is 0 Å². The second-order valence-corrected chi connectivity index (χ2v) is 11.8. The van der Waals surface area contributed by atoms with Gasteiger partial charge in [0.05, 0.1) is 34.8 Å². The minimum absolute atomic E-state index is 0.0597. The van der Waals surface area contributed by atoms with Crippen LogP contribution in [0.25, 0.3) is 11.1 Å². The van der Waals surface area contributed by atoms with E-state index in [1.165, 1.54) is 18.2 Å². The van der Waals surface area contributed by atoms with Crippen LogP contribution in [0.15, 0.2) is 18.2 Å². The summed E-state index contributed by atoms with van der Waals surface area (Å²) in [6, 6.07) is 2.91. The summed E-state index contributed by atoms with van der Waals surface area (Å²) in [5.74, 6) is -2.75. The first-order valence-electron chi connectivity index (χ1n) is 11.5. The maximum atomic E-state index is 16.2. The number of rotatable bonds is 8. The van der Waals surface area contributed by atoms with Gasteiger partial charge in [0.15, 0.2) is 0 Å². The fourth-order valence-corrected chi connectivity index (χ4v) is 4.90. The second kappa shape index (κ2) is 10.2. The summed E-state index contributed by atoms with van der Waals surface area (Å²) in [4.78, 5) is 12.4. The number of halogens is 3. The highest BCUT2D eigenvalue weighted by Crippen LogP contribution is 2.46. The van der Waals surface area contributed by atoms with Gasteiger partial charge in [0, 0.05) is 11.1 Å². The number of hydrogen-bond donors (Lipinski definition) is 1. The highest BCUT2D eigenvalue weighted by molar-refractivity contribution is 7.84. The Morgan fingerprint density at radius 3 is 2.21 bits per heavy atom. The van der Waals surface area contributed by atoms with Crippen LogP contribution in [-0.4, -0.2) is 21.5 Å². The lowest BCUT2D eigenvalue weighted by Gasteiger charge is -2.26. The van der Waals surface area contributed by atoms with Gasteiger partial charge in [-0.3, -0.25) is 4.79 Å². The van der Waals surface area contributed by atoms with Gasteiger partial charge in [0.25, 0.3) is 0 Å². The Kier molecular flexibility index (Phi) is 7.92. The molecule has 0 bridgehead atoms. The normalized spacial score (nSPS) is 15.8. The maximum absolute atomic E-state index is 16.2. The van der Waals surface area contributed by atoms with Gasteiger partial charge >= 0.3 is 5.97 Å². The number of benzene rings is 2. The smallest absolute Gasteiger partial charge is 0.307 e. The van der Waals surface area contributed by atoms with Crippen LogP contribution in [0.4, 0.5) is 13.2 Å². The van der Waals surface area contributed by atoms with Crippen molar-refractivity contribution in [1.82, 2.24) is 4.72 Å². The Morgan fingerprint density at radius 1 is 1.12 bits per heavy atom. The van der Waals surface area contributed by atoms with Crippen LogP contribution in [0.1, 0.15) is 81.2 Å². The molecule has 0 aromatic heterocycles. The van der Waals surface area contributed by atoms with E-state index in [0.29, 0.717) is 22.3 Å². The standard InChI is InChI=1S/C26H32F3NO3S/c1-7-33-21(31)13-20(30-34(32)26(4,5)6)23-24(28)18(16-8-9-16)12-19(25(23)29)22-14(2)10-17(27)11-15(22)3/h10-12,16,20,30H,7-9,13H2,1-6H3/t20-,34+/m0/s1. The first-order valence-corrected chi connectivity index (χ1v) is 12.6. The first-order chi connectivity index (χ1) is 15.8. The van der Waals surface area contributed by atoms with Gasteiger partial charge in [-0.1, -0.05) is 0 Å². The monoisotopic (exact) mass is 495 g/mol. The molecule has 0 saturated heterocycles. The van der Waals surface area contributed by atoms with Crippen molar-refractivity contribution in [1.29, 1.82) is 0 Å². The molecule has 2 aromatic carbocycles. The Bertz CT molecular complexity index is 1100. The third-order valence-corrected chi connectivity index (χ3v) is 7.49. The second-order valence-electron chi connectivity index (χ2n) is 9.80. The Hall–Kier alpha value is -2.19. The number of hydrogen-bond acceptors (Lipinski definition) is 3. The molecule has 0 spiro atoms. The van der Waals surface area contributed by atoms with E-state index in [2.05, 4.69) is 4.72 Å². The van der Waals surface area contributed by atoms with Crippen molar-refractivity contribution in [3.8, 4) is 11.1 Å². The molecule has 3 rings (SSSR count). The van der Waals surface area contributed by atoms with E-state index in [0.717, 1.165) is 12.8 Å². The quantitative estimate of drug-likeness (QED) is 0.437. The Morgan fingerprint density at radius 2 is 1.71 bits per heavy atom. The van der Waals surface area contributed by atoms with E-state index in [4.69, 9.17) is 4.74 Å². The average molecular weight is 496 g/mol. The average Bonchev–Trinajstić information content (AvgIpc) is 3.53. The molecule has 8 heteroatoms. The number of esters is 1. The van der Waals surface area contributed by atoms with Gasteiger partial charge in [0.1, 0.15) is 17.5 Å².